The van der Waals surface area contributed by atoms with Crippen LogP contribution in [-0.4, -0.2) is 22.5 Å². The van der Waals surface area contributed by atoms with Crippen molar-refractivity contribution in [1.29, 1.82) is 0 Å². The molecule has 2 heterocycles. The maximum absolute atomic E-state index is 11.7. The topological polar surface area (TPSA) is 44.1 Å². The number of rotatable bonds is 2. The van der Waals surface area contributed by atoms with E-state index in [9.17, 15) is 4.79 Å². The summed E-state index contributed by atoms with van der Waals surface area (Å²) < 4.78 is 6.84. The minimum atomic E-state index is -0.358. The van der Waals surface area contributed by atoms with E-state index in [0.717, 1.165) is 25.9 Å². The Morgan fingerprint density at radius 1 is 1.50 bits per heavy atom. The molecule has 1 aliphatic rings. The molecule has 1 aromatic heterocycles. The van der Waals surface area contributed by atoms with Gasteiger partial charge in [0.15, 0.2) is 0 Å². The lowest BCUT2D eigenvalue weighted by molar-refractivity contribution is 0.00315. The molecule has 0 N–H and O–H groups in total. The molecular weight excluding hydrogens is 251 g/mol. The summed E-state index contributed by atoms with van der Waals surface area (Å²) in [6.45, 7) is 1.19. The van der Waals surface area contributed by atoms with Crippen LogP contribution in [0, 0.1) is 0 Å². The Morgan fingerprint density at radius 3 is 3.00 bits per heavy atom. The Bertz CT molecular complexity index is 427. The van der Waals surface area contributed by atoms with Crippen molar-refractivity contribution in [1.82, 2.24) is 9.78 Å². The molecule has 0 aliphatic carbocycles. The van der Waals surface area contributed by atoms with Crippen LogP contribution in [0.3, 0.4) is 0 Å². The van der Waals surface area contributed by atoms with Crippen LogP contribution in [0.25, 0.3) is 0 Å². The lowest BCUT2D eigenvalue weighted by atomic mass is 10.1. The van der Waals surface area contributed by atoms with Gasteiger partial charge >= 0.3 is 0 Å². The molecule has 1 unspecified atom stereocenters. The third-order valence-electron chi connectivity index (χ3n) is 2.59. The van der Waals surface area contributed by atoms with Crippen molar-refractivity contribution in [2.45, 2.75) is 31.9 Å². The van der Waals surface area contributed by atoms with Gasteiger partial charge in [0, 0.05) is 6.61 Å². The van der Waals surface area contributed by atoms with E-state index in [0.29, 0.717) is 6.54 Å². The van der Waals surface area contributed by atoms with Crippen molar-refractivity contribution in [2.24, 2.45) is 0 Å². The summed E-state index contributed by atoms with van der Waals surface area (Å²) >= 11 is 11.4. The Morgan fingerprint density at radius 2 is 2.31 bits per heavy atom. The number of nitrogens with zero attached hydrogens (tertiary/aromatic N) is 2. The Labute approximate surface area is 103 Å². The molecule has 0 spiro atoms. The second-order valence-electron chi connectivity index (χ2n) is 3.78. The highest BCUT2D eigenvalue weighted by Gasteiger charge is 2.16. The van der Waals surface area contributed by atoms with Crippen molar-refractivity contribution < 1.29 is 4.74 Å². The van der Waals surface area contributed by atoms with Crippen molar-refractivity contribution in [2.75, 3.05) is 6.61 Å². The van der Waals surface area contributed by atoms with E-state index >= 15 is 0 Å². The monoisotopic (exact) mass is 262 g/mol. The largest absolute Gasteiger partial charge is 0.376 e. The van der Waals surface area contributed by atoms with Crippen LogP contribution in [-0.2, 0) is 11.3 Å². The Balaban J connectivity index is 2.15. The summed E-state index contributed by atoms with van der Waals surface area (Å²) in [6.07, 6.45) is 4.60. The number of halogens is 2. The van der Waals surface area contributed by atoms with Gasteiger partial charge in [-0.25, -0.2) is 4.68 Å². The average molecular weight is 263 g/mol. The molecule has 0 saturated carbocycles. The maximum atomic E-state index is 11.7. The highest BCUT2D eigenvalue weighted by atomic mass is 35.5. The van der Waals surface area contributed by atoms with Gasteiger partial charge in [0.1, 0.15) is 5.02 Å². The molecule has 6 heteroatoms. The van der Waals surface area contributed by atoms with Gasteiger partial charge in [0.05, 0.1) is 23.9 Å². The molecule has 16 heavy (non-hydrogen) atoms. The van der Waals surface area contributed by atoms with Gasteiger partial charge in [-0.3, -0.25) is 4.79 Å². The molecule has 0 amide bonds. The van der Waals surface area contributed by atoms with E-state index in [-0.39, 0.29) is 21.7 Å². The molecule has 0 bridgehead atoms. The van der Waals surface area contributed by atoms with Crippen molar-refractivity contribution in [3.8, 4) is 0 Å². The van der Waals surface area contributed by atoms with Gasteiger partial charge in [-0.1, -0.05) is 23.2 Å². The molecule has 1 atom stereocenters. The molecule has 0 aromatic carbocycles. The molecule has 4 nitrogen and oxygen atoms in total. The van der Waals surface area contributed by atoms with Crippen LogP contribution in [0.4, 0.5) is 0 Å². The Hall–Kier alpha value is -0.580. The van der Waals surface area contributed by atoms with Crippen LogP contribution in [0.1, 0.15) is 19.3 Å². The van der Waals surface area contributed by atoms with Crippen LogP contribution in [0.15, 0.2) is 11.0 Å². The average Bonchev–Trinajstić information content (AvgIpc) is 2.31. The molecule has 1 saturated heterocycles. The summed E-state index contributed by atoms with van der Waals surface area (Å²) in [6, 6.07) is 0. The van der Waals surface area contributed by atoms with Crippen LogP contribution < -0.4 is 5.56 Å². The summed E-state index contributed by atoms with van der Waals surface area (Å²) in [5, 5.41) is 4.15. The second kappa shape index (κ2) is 5.17. The lowest BCUT2D eigenvalue weighted by Crippen LogP contribution is -2.32. The fourth-order valence-corrected chi connectivity index (χ4v) is 1.99. The molecule has 88 valence electrons. The predicted molar refractivity (Wildman–Crippen MR) is 62.1 cm³/mol. The predicted octanol–water partition coefficient (Wildman–Crippen LogP) is 2.12. The summed E-state index contributed by atoms with van der Waals surface area (Å²) in [7, 11) is 0. The summed E-state index contributed by atoms with van der Waals surface area (Å²) in [4.78, 5) is 11.7. The second-order valence-corrected chi connectivity index (χ2v) is 4.57. The zero-order valence-electron chi connectivity index (χ0n) is 8.66. The van der Waals surface area contributed by atoms with Gasteiger partial charge in [-0.05, 0) is 19.3 Å². The maximum Gasteiger partial charge on any atom is 0.287 e. The zero-order valence-corrected chi connectivity index (χ0v) is 10.2. The first-order valence-electron chi connectivity index (χ1n) is 5.21. The summed E-state index contributed by atoms with van der Waals surface area (Å²) in [5.41, 5.74) is -0.358. The van der Waals surface area contributed by atoms with Gasteiger partial charge < -0.3 is 4.74 Å². The van der Waals surface area contributed by atoms with Crippen molar-refractivity contribution in [3.05, 3.63) is 26.6 Å². The van der Waals surface area contributed by atoms with E-state index in [2.05, 4.69) is 5.10 Å². The molecule has 1 fully saturated rings. The first-order chi connectivity index (χ1) is 7.68. The lowest BCUT2D eigenvalue weighted by Gasteiger charge is -2.22. The number of aromatic nitrogens is 2. The third-order valence-corrected chi connectivity index (χ3v) is 3.34. The van der Waals surface area contributed by atoms with E-state index in [1.165, 1.54) is 10.9 Å². The standard InChI is InChI=1S/C10H12Cl2N2O2/c11-8-5-13-14(10(15)9(8)12)6-7-3-1-2-4-16-7/h5,7H,1-4,6H2. The smallest absolute Gasteiger partial charge is 0.287 e. The summed E-state index contributed by atoms with van der Waals surface area (Å²) in [5.74, 6) is 0. The highest BCUT2D eigenvalue weighted by molar-refractivity contribution is 6.41. The molecule has 2 rings (SSSR count). The minimum Gasteiger partial charge on any atom is -0.376 e. The highest BCUT2D eigenvalue weighted by Crippen LogP contribution is 2.16. The normalized spacial score (nSPS) is 21.0. The third kappa shape index (κ3) is 2.56. The van der Waals surface area contributed by atoms with E-state index in [4.69, 9.17) is 27.9 Å². The van der Waals surface area contributed by atoms with E-state index in [1.54, 1.807) is 0 Å². The number of hydrogen-bond donors (Lipinski definition) is 0. The Kier molecular flexibility index (Phi) is 3.84. The van der Waals surface area contributed by atoms with Gasteiger partial charge in [-0.2, -0.15) is 5.10 Å². The molecular formula is C10H12Cl2N2O2. The van der Waals surface area contributed by atoms with Crippen molar-refractivity contribution >= 4 is 23.2 Å². The first kappa shape index (κ1) is 11.9. The van der Waals surface area contributed by atoms with Gasteiger partial charge in [0.2, 0.25) is 0 Å². The zero-order chi connectivity index (χ0) is 11.5. The minimum absolute atomic E-state index is 0.0208. The first-order valence-corrected chi connectivity index (χ1v) is 5.97. The molecule has 0 radical (unpaired) electrons. The molecule has 1 aromatic rings. The van der Waals surface area contributed by atoms with E-state index < -0.39 is 0 Å². The van der Waals surface area contributed by atoms with Crippen LogP contribution in [0.2, 0.25) is 10.0 Å². The van der Waals surface area contributed by atoms with Crippen molar-refractivity contribution in [3.63, 3.8) is 0 Å². The quantitative estimate of drug-likeness (QED) is 0.820. The van der Waals surface area contributed by atoms with Crippen LogP contribution >= 0.6 is 23.2 Å². The number of ether oxygens (including phenoxy) is 1. The van der Waals surface area contributed by atoms with Crippen LogP contribution in [0.5, 0.6) is 0 Å². The van der Waals surface area contributed by atoms with Gasteiger partial charge in [-0.15, -0.1) is 0 Å². The number of hydrogen-bond acceptors (Lipinski definition) is 3. The molecule has 1 aliphatic heterocycles. The van der Waals surface area contributed by atoms with Gasteiger partial charge in [0.25, 0.3) is 5.56 Å². The fraction of sp³-hybridized carbons (Fsp3) is 0.600. The van der Waals surface area contributed by atoms with E-state index in [1.807, 2.05) is 0 Å². The fourth-order valence-electron chi connectivity index (χ4n) is 1.72. The SMILES string of the molecule is O=c1c(Cl)c(Cl)cnn1CC1CCCCO1.